The van der Waals surface area contributed by atoms with Crippen molar-refractivity contribution in [1.29, 1.82) is 0 Å². The molecule has 8 nitrogen and oxygen atoms in total. The maximum atomic E-state index is 11.5. The maximum Gasteiger partial charge on any atom is 0.353 e. The summed E-state index contributed by atoms with van der Waals surface area (Å²) in [5.74, 6) is 0.181. The SMILES string of the molecule is O=[N+]([O-])c1c(NCc2ccccc2Cl)ncnc1Nc1nccs1. The van der Waals surface area contributed by atoms with Crippen molar-refractivity contribution in [3.8, 4) is 0 Å². The molecular weight excluding hydrogens is 352 g/mol. The van der Waals surface area contributed by atoms with E-state index in [-0.39, 0.29) is 17.3 Å². The van der Waals surface area contributed by atoms with E-state index in [1.54, 1.807) is 17.6 Å². The van der Waals surface area contributed by atoms with Gasteiger partial charge in [-0.3, -0.25) is 10.1 Å². The van der Waals surface area contributed by atoms with Crippen LogP contribution in [0.3, 0.4) is 0 Å². The fourth-order valence-electron chi connectivity index (χ4n) is 1.98. The van der Waals surface area contributed by atoms with E-state index in [0.29, 0.717) is 16.7 Å². The van der Waals surface area contributed by atoms with E-state index >= 15 is 0 Å². The van der Waals surface area contributed by atoms with Crippen LogP contribution in [-0.4, -0.2) is 19.9 Å². The first-order chi connectivity index (χ1) is 11.6. The van der Waals surface area contributed by atoms with Gasteiger partial charge in [-0.25, -0.2) is 15.0 Å². The highest BCUT2D eigenvalue weighted by molar-refractivity contribution is 7.13. The van der Waals surface area contributed by atoms with Crippen LogP contribution >= 0.6 is 22.9 Å². The molecule has 1 aromatic carbocycles. The van der Waals surface area contributed by atoms with E-state index in [1.807, 2.05) is 18.2 Å². The Labute approximate surface area is 145 Å². The van der Waals surface area contributed by atoms with E-state index in [2.05, 4.69) is 25.6 Å². The van der Waals surface area contributed by atoms with Gasteiger partial charge in [-0.1, -0.05) is 29.8 Å². The highest BCUT2D eigenvalue weighted by Crippen LogP contribution is 2.32. The molecule has 0 unspecified atom stereocenters. The first kappa shape index (κ1) is 16.1. The van der Waals surface area contributed by atoms with Gasteiger partial charge in [-0.15, -0.1) is 11.3 Å². The molecule has 0 spiro atoms. The summed E-state index contributed by atoms with van der Waals surface area (Å²) in [5, 5.41) is 20.1. The highest BCUT2D eigenvalue weighted by atomic mass is 35.5. The number of benzene rings is 1. The normalized spacial score (nSPS) is 10.4. The van der Waals surface area contributed by atoms with Gasteiger partial charge in [0.1, 0.15) is 6.33 Å². The van der Waals surface area contributed by atoms with Gasteiger partial charge >= 0.3 is 5.69 Å². The fourth-order valence-corrected chi connectivity index (χ4v) is 2.71. The number of hydrogen-bond acceptors (Lipinski definition) is 8. The smallest absolute Gasteiger partial charge is 0.353 e. The van der Waals surface area contributed by atoms with Crippen molar-refractivity contribution >= 4 is 45.4 Å². The predicted octanol–water partition coefficient (Wildman–Crippen LogP) is 3.85. The van der Waals surface area contributed by atoms with Crippen LogP contribution in [0.5, 0.6) is 0 Å². The predicted molar refractivity (Wildman–Crippen MR) is 92.9 cm³/mol. The maximum absolute atomic E-state index is 11.5. The third kappa shape index (κ3) is 3.58. The lowest BCUT2D eigenvalue weighted by atomic mass is 10.2. The van der Waals surface area contributed by atoms with Crippen LogP contribution in [0.2, 0.25) is 5.02 Å². The van der Waals surface area contributed by atoms with E-state index < -0.39 is 4.92 Å². The van der Waals surface area contributed by atoms with Crippen LogP contribution in [0.1, 0.15) is 5.56 Å². The molecule has 2 heterocycles. The number of hydrogen-bond donors (Lipinski definition) is 2. The number of rotatable bonds is 6. The second kappa shape index (κ2) is 7.20. The van der Waals surface area contributed by atoms with E-state index in [1.165, 1.54) is 17.7 Å². The molecule has 0 amide bonds. The van der Waals surface area contributed by atoms with Crippen LogP contribution in [0, 0.1) is 10.1 Å². The lowest BCUT2D eigenvalue weighted by Gasteiger charge is -2.09. The molecule has 10 heteroatoms. The van der Waals surface area contributed by atoms with Crippen LogP contribution < -0.4 is 10.6 Å². The molecule has 0 aliphatic heterocycles. The van der Waals surface area contributed by atoms with Gasteiger partial charge in [0.15, 0.2) is 5.13 Å². The van der Waals surface area contributed by atoms with Gasteiger partial charge < -0.3 is 10.6 Å². The molecule has 3 aromatic rings. The number of nitrogens with one attached hydrogen (secondary N) is 2. The Morgan fingerprint density at radius 2 is 2.00 bits per heavy atom. The van der Waals surface area contributed by atoms with Gasteiger partial charge in [0.25, 0.3) is 0 Å². The highest BCUT2D eigenvalue weighted by Gasteiger charge is 2.23. The Morgan fingerprint density at radius 1 is 1.21 bits per heavy atom. The van der Waals surface area contributed by atoms with Gasteiger partial charge in [0.05, 0.1) is 4.92 Å². The van der Waals surface area contributed by atoms with Crippen molar-refractivity contribution in [2.75, 3.05) is 10.6 Å². The Balaban J connectivity index is 1.87. The summed E-state index contributed by atoms with van der Waals surface area (Å²) in [5.41, 5.74) is 0.557. The zero-order valence-corrected chi connectivity index (χ0v) is 13.7. The average Bonchev–Trinajstić information content (AvgIpc) is 3.07. The Kier molecular flexibility index (Phi) is 4.82. The third-order valence-corrected chi connectivity index (χ3v) is 4.12. The van der Waals surface area contributed by atoms with Crippen molar-refractivity contribution < 1.29 is 4.92 Å². The van der Waals surface area contributed by atoms with Gasteiger partial charge in [-0.2, -0.15) is 0 Å². The van der Waals surface area contributed by atoms with Crippen LogP contribution in [0.15, 0.2) is 42.2 Å². The minimum Gasteiger partial charge on any atom is -0.360 e. The average molecular weight is 363 g/mol. The van der Waals surface area contributed by atoms with E-state index in [9.17, 15) is 10.1 Å². The van der Waals surface area contributed by atoms with E-state index in [0.717, 1.165) is 5.56 Å². The monoisotopic (exact) mass is 362 g/mol. The summed E-state index contributed by atoms with van der Waals surface area (Å²) in [6.07, 6.45) is 2.84. The number of anilines is 3. The minimum absolute atomic E-state index is 0.0756. The zero-order valence-electron chi connectivity index (χ0n) is 12.1. The molecule has 24 heavy (non-hydrogen) atoms. The molecule has 2 N–H and O–H groups in total. The number of thiazole rings is 1. The molecule has 2 aromatic heterocycles. The topological polar surface area (TPSA) is 106 Å². The van der Waals surface area contributed by atoms with Gasteiger partial charge in [0.2, 0.25) is 11.6 Å². The molecule has 0 aliphatic carbocycles. The first-order valence-electron chi connectivity index (χ1n) is 6.78. The Bertz CT molecular complexity index is 858. The van der Waals surface area contributed by atoms with Crippen LogP contribution in [0.4, 0.5) is 22.5 Å². The van der Waals surface area contributed by atoms with Crippen molar-refractivity contribution in [1.82, 2.24) is 15.0 Å². The number of aromatic nitrogens is 3. The molecule has 0 aliphatic rings. The lowest BCUT2D eigenvalue weighted by molar-refractivity contribution is -0.383. The van der Waals surface area contributed by atoms with E-state index in [4.69, 9.17) is 11.6 Å². The van der Waals surface area contributed by atoms with Crippen molar-refractivity contribution in [2.24, 2.45) is 0 Å². The summed E-state index contributed by atoms with van der Waals surface area (Å²) < 4.78 is 0. The summed E-state index contributed by atoms with van der Waals surface area (Å²) in [6.45, 7) is 0.300. The molecule has 0 radical (unpaired) electrons. The largest absolute Gasteiger partial charge is 0.360 e. The molecule has 0 bridgehead atoms. The van der Waals surface area contributed by atoms with Crippen molar-refractivity contribution in [3.05, 3.63) is 62.9 Å². The standard InChI is InChI=1S/C14H11ClN6O2S/c15-10-4-2-1-3-9(10)7-17-12-11(21(22)23)13(19-8-18-12)20-14-16-5-6-24-14/h1-6,8H,7H2,(H2,16,17,18,19,20). The summed E-state index contributed by atoms with van der Waals surface area (Å²) in [6, 6.07) is 7.24. The van der Waals surface area contributed by atoms with Crippen molar-refractivity contribution in [2.45, 2.75) is 6.54 Å². The molecule has 0 fully saturated rings. The number of nitro groups is 1. The Hall–Kier alpha value is -2.78. The quantitative estimate of drug-likeness (QED) is 0.506. The van der Waals surface area contributed by atoms with Crippen LogP contribution in [0.25, 0.3) is 0 Å². The number of nitrogens with zero attached hydrogens (tertiary/aromatic N) is 4. The molecular formula is C14H11ClN6O2S. The second-order valence-corrected chi connectivity index (χ2v) is 5.89. The summed E-state index contributed by atoms with van der Waals surface area (Å²) in [4.78, 5) is 22.9. The third-order valence-electron chi connectivity index (χ3n) is 3.07. The second-order valence-electron chi connectivity index (χ2n) is 4.58. The van der Waals surface area contributed by atoms with Gasteiger partial charge in [0, 0.05) is 23.1 Å². The lowest BCUT2D eigenvalue weighted by Crippen LogP contribution is -2.08. The van der Waals surface area contributed by atoms with Crippen molar-refractivity contribution in [3.63, 3.8) is 0 Å². The van der Waals surface area contributed by atoms with Gasteiger partial charge in [-0.05, 0) is 11.6 Å². The summed E-state index contributed by atoms with van der Waals surface area (Å²) in [7, 11) is 0. The molecule has 0 atom stereocenters. The number of halogens is 1. The first-order valence-corrected chi connectivity index (χ1v) is 8.04. The molecule has 3 rings (SSSR count). The zero-order chi connectivity index (χ0) is 16.9. The molecule has 0 saturated heterocycles. The Morgan fingerprint density at radius 3 is 2.71 bits per heavy atom. The molecule has 0 saturated carbocycles. The van der Waals surface area contributed by atoms with Crippen LogP contribution in [-0.2, 0) is 6.54 Å². The minimum atomic E-state index is -0.537. The molecule has 122 valence electrons. The fraction of sp³-hybridized carbons (Fsp3) is 0.0714. The summed E-state index contributed by atoms with van der Waals surface area (Å²) >= 11 is 7.41.